The van der Waals surface area contributed by atoms with E-state index in [-0.39, 0.29) is 17.8 Å². The minimum absolute atomic E-state index is 0.0354. The number of carbonyl (C=O) groups excluding carboxylic acids is 1. The number of allylic oxidation sites excluding steroid dienone is 5. The van der Waals surface area contributed by atoms with E-state index >= 15 is 0 Å². The summed E-state index contributed by atoms with van der Waals surface area (Å²) in [7, 11) is 0. The highest BCUT2D eigenvalue weighted by Gasteiger charge is 2.14. The van der Waals surface area contributed by atoms with Crippen molar-refractivity contribution in [3.63, 3.8) is 0 Å². The van der Waals surface area contributed by atoms with Crippen LogP contribution in [0.1, 0.15) is 6.92 Å². The summed E-state index contributed by atoms with van der Waals surface area (Å²) in [5.74, 6) is -0.950. The van der Waals surface area contributed by atoms with Crippen LogP contribution in [0, 0.1) is 5.41 Å². The number of ether oxygens (including phenoxy) is 1. The molecule has 92 valence electrons. The van der Waals surface area contributed by atoms with Gasteiger partial charge in [-0.25, -0.2) is 4.39 Å². The Bertz CT molecular complexity index is 427. The van der Waals surface area contributed by atoms with Crippen LogP contribution in [0.5, 0.6) is 0 Å². The molecule has 0 amide bonds. The van der Waals surface area contributed by atoms with E-state index in [1.165, 1.54) is 18.4 Å². The van der Waals surface area contributed by atoms with E-state index in [9.17, 15) is 9.18 Å². The van der Waals surface area contributed by atoms with Gasteiger partial charge >= 0.3 is 5.97 Å². The van der Waals surface area contributed by atoms with Crippen molar-refractivity contribution in [2.45, 2.75) is 6.92 Å². The first kappa shape index (κ1) is 13.6. The van der Waals surface area contributed by atoms with Crippen molar-refractivity contribution < 1.29 is 13.9 Å². The van der Waals surface area contributed by atoms with Gasteiger partial charge in [-0.2, -0.15) is 0 Å². The lowest BCUT2D eigenvalue weighted by Crippen LogP contribution is -2.21. The van der Waals surface area contributed by atoms with Gasteiger partial charge in [0.15, 0.2) is 0 Å². The maximum Gasteiger partial charge on any atom is 0.325 e. The maximum absolute atomic E-state index is 13.4. The number of rotatable bonds is 4. The minimum Gasteiger partial charge on any atom is -0.465 e. The predicted octanol–water partition coefficient (Wildman–Crippen LogP) is 2.19. The number of carbonyl (C=O) groups is 1. The Morgan fingerprint density at radius 3 is 2.94 bits per heavy atom. The van der Waals surface area contributed by atoms with Crippen molar-refractivity contribution in [3.05, 3.63) is 34.2 Å². The number of esters is 1. The molecule has 0 saturated heterocycles. The minimum atomic E-state index is -0.527. The molecular weight excluding hydrogens is 291 g/mol. The van der Waals surface area contributed by atoms with Crippen molar-refractivity contribution >= 4 is 27.6 Å². The molecule has 0 atom stereocenters. The van der Waals surface area contributed by atoms with Gasteiger partial charge in [0.1, 0.15) is 12.4 Å². The molecular formula is C11H12BrFN2O2. The van der Waals surface area contributed by atoms with Gasteiger partial charge in [0.2, 0.25) is 0 Å². The van der Waals surface area contributed by atoms with Gasteiger partial charge in [-0.1, -0.05) is 15.9 Å². The fourth-order valence-corrected chi connectivity index (χ4v) is 1.61. The zero-order valence-electron chi connectivity index (χ0n) is 9.22. The monoisotopic (exact) mass is 302 g/mol. The van der Waals surface area contributed by atoms with Gasteiger partial charge in [0, 0.05) is 10.7 Å². The van der Waals surface area contributed by atoms with E-state index in [2.05, 4.69) is 26.0 Å². The van der Waals surface area contributed by atoms with Crippen LogP contribution < -0.4 is 5.32 Å². The number of hydrogen-bond donors (Lipinski definition) is 2. The Balaban J connectivity index is 2.59. The summed E-state index contributed by atoms with van der Waals surface area (Å²) in [5, 5.41) is 10.2. The van der Waals surface area contributed by atoms with Crippen molar-refractivity contribution in [1.82, 2.24) is 5.32 Å². The highest BCUT2D eigenvalue weighted by atomic mass is 79.9. The molecule has 0 aromatic carbocycles. The predicted molar refractivity (Wildman–Crippen MR) is 66.6 cm³/mol. The molecule has 1 rings (SSSR count). The first-order valence-corrected chi connectivity index (χ1v) is 5.76. The third-order valence-corrected chi connectivity index (χ3v) is 2.35. The molecule has 0 saturated carbocycles. The number of nitrogens with one attached hydrogen (secondary N) is 2. The lowest BCUT2D eigenvalue weighted by Gasteiger charge is -2.10. The van der Waals surface area contributed by atoms with E-state index in [0.29, 0.717) is 11.1 Å². The third kappa shape index (κ3) is 4.14. The Morgan fingerprint density at radius 1 is 1.65 bits per heavy atom. The molecule has 0 unspecified atom stereocenters. The average Bonchev–Trinajstić information content (AvgIpc) is 2.22. The summed E-state index contributed by atoms with van der Waals surface area (Å²) >= 11 is 3.09. The zero-order chi connectivity index (χ0) is 12.8. The van der Waals surface area contributed by atoms with Gasteiger partial charge < -0.3 is 15.5 Å². The molecule has 4 nitrogen and oxygen atoms in total. The first-order chi connectivity index (χ1) is 8.04. The van der Waals surface area contributed by atoms with Crippen LogP contribution in [0.2, 0.25) is 0 Å². The van der Waals surface area contributed by atoms with Crippen molar-refractivity contribution in [3.8, 4) is 0 Å². The summed E-state index contributed by atoms with van der Waals surface area (Å²) in [6.07, 6.45) is 4.03. The zero-order valence-corrected chi connectivity index (χ0v) is 10.8. The van der Waals surface area contributed by atoms with Crippen LogP contribution >= 0.6 is 15.9 Å². The maximum atomic E-state index is 13.4. The fourth-order valence-electron chi connectivity index (χ4n) is 1.18. The fraction of sp³-hybridized carbons (Fsp3) is 0.273. The normalized spacial score (nSPS) is 17.6. The summed E-state index contributed by atoms with van der Waals surface area (Å²) < 4.78 is 18.6. The lowest BCUT2D eigenvalue weighted by molar-refractivity contribution is -0.141. The van der Waals surface area contributed by atoms with Crippen LogP contribution in [0.25, 0.3) is 0 Å². The molecule has 1 aliphatic rings. The highest BCUT2D eigenvalue weighted by Crippen LogP contribution is 2.24. The summed E-state index contributed by atoms with van der Waals surface area (Å²) in [5.41, 5.74) is 0.144. The van der Waals surface area contributed by atoms with Crippen molar-refractivity contribution in [1.29, 1.82) is 5.41 Å². The summed E-state index contributed by atoms with van der Waals surface area (Å²) in [4.78, 5) is 11.0. The molecule has 2 N–H and O–H groups in total. The lowest BCUT2D eigenvalue weighted by atomic mass is 10.1. The van der Waals surface area contributed by atoms with E-state index < -0.39 is 11.8 Å². The van der Waals surface area contributed by atoms with Gasteiger partial charge in [0.05, 0.1) is 17.9 Å². The molecule has 0 radical (unpaired) electrons. The Kier molecular flexibility index (Phi) is 5.09. The van der Waals surface area contributed by atoms with Crippen molar-refractivity contribution in [2.75, 3.05) is 13.2 Å². The first-order valence-electron chi connectivity index (χ1n) is 4.97. The second-order valence-electron chi connectivity index (χ2n) is 3.18. The Hall–Kier alpha value is -1.43. The van der Waals surface area contributed by atoms with Gasteiger partial charge in [-0.3, -0.25) is 4.79 Å². The molecule has 0 aromatic rings. The second-order valence-corrected chi connectivity index (χ2v) is 4.09. The largest absolute Gasteiger partial charge is 0.465 e. The van der Waals surface area contributed by atoms with Crippen LogP contribution in [0.4, 0.5) is 4.39 Å². The van der Waals surface area contributed by atoms with E-state index in [0.717, 1.165) is 0 Å². The quantitative estimate of drug-likeness (QED) is 0.783. The second kappa shape index (κ2) is 6.34. The Morgan fingerprint density at radius 2 is 2.35 bits per heavy atom. The Labute approximate surface area is 107 Å². The SMILES string of the molecule is CCOC(=O)CN/C=C1\C(=N)C=C(Br)C=C1F. The smallest absolute Gasteiger partial charge is 0.325 e. The van der Waals surface area contributed by atoms with E-state index in [1.54, 1.807) is 6.92 Å². The van der Waals surface area contributed by atoms with Gasteiger partial charge in [-0.05, 0) is 19.1 Å². The van der Waals surface area contributed by atoms with Crippen LogP contribution in [0.3, 0.4) is 0 Å². The van der Waals surface area contributed by atoms with Crippen LogP contribution in [-0.4, -0.2) is 24.8 Å². The molecule has 0 aromatic heterocycles. The molecule has 0 aliphatic heterocycles. The standard InChI is InChI=1S/C11H12BrFN2O2/c1-2-17-11(16)6-15-5-8-9(13)3-7(12)4-10(8)14/h3-5,14-15H,2,6H2,1H3/b8-5-,14-10?. The number of hydrogen-bond acceptors (Lipinski definition) is 4. The average molecular weight is 303 g/mol. The topological polar surface area (TPSA) is 62.2 Å². The highest BCUT2D eigenvalue weighted by molar-refractivity contribution is 9.11. The molecule has 17 heavy (non-hydrogen) atoms. The number of halogens is 2. The van der Waals surface area contributed by atoms with E-state index in [1.807, 2.05) is 0 Å². The molecule has 1 aliphatic carbocycles. The molecule has 0 fully saturated rings. The molecule has 0 heterocycles. The van der Waals surface area contributed by atoms with Crippen LogP contribution in [-0.2, 0) is 9.53 Å². The molecule has 0 bridgehead atoms. The summed E-state index contributed by atoms with van der Waals surface area (Å²) in [6, 6.07) is 0. The summed E-state index contributed by atoms with van der Waals surface area (Å²) in [6.45, 7) is 1.96. The van der Waals surface area contributed by atoms with Gasteiger partial charge in [0.25, 0.3) is 0 Å². The van der Waals surface area contributed by atoms with E-state index in [4.69, 9.17) is 5.41 Å². The molecule has 6 heteroatoms. The third-order valence-electron chi connectivity index (χ3n) is 1.89. The van der Waals surface area contributed by atoms with Crippen molar-refractivity contribution in [2.24, 2.45) is 0 Å². The van der Waals surface area contributed by atoms with Gasteiger partial charge in [-0.15, -0.1) is 0 Å². The van der Waals surface area contributed by atoms with Crippen LogP contribution in [0.15, 0.2) is 34.2 Å². The molecule has 0 spiro atoms.